The molecule has 0 spiro atoms. The molecule has 1 saturated carbocycles. The van der Waals surface area contributed by atoms with Crippen molar-refractivity contribution < 1.29 is 9.84 Å². The van der Waals surface area contributed by atoms with Gasteiger partial charge in [-0.25, -0.2) is 0 Å². The van der Waals surface area contributed by atoms with Crippen LogP contribution in [0, 0.1) is 17.2 Å². The first-order valence-electron chi connectivity index (χ1n) is 6.48. The molecule has 18 heavy (non-hydrogen) atoms. The Balaban J connectivity index is 2.19. The third kappa shape index (κ3) is 2.65. The highest BCUT2D eigenvalue weighted by Crippen LogP contribution is 2.36. The Morgan fingerprint density at radius 2 is 1.94 bits per heavy atom. The number of hydrogen-bond acceptors (Lipinski definition) is 3. The van der Waals surface area contributed by atoms with Gasteiger partial charge in [-0.1, -0.05) is 25.0 Å². The molecule has 0 bridgehead atoms. The Kier molecular flexibility index (Phi) is 4.22. The van der Waals surface area contributed by atoms with Gasteiger partial charge >= 0.3 is 0 Å². The molecule has 0 heterocycles. The zero-order chi connectivity index (χ0) is 13.0. The Labute approximate surface area is 108 Å². The fourth-order valence-corrected chi connectivity index (χ4v) is 2.76. The number of ether oxygens (including phenoxy) is 1. The highest BCUT2D eigenvalue weighted by Gasteiger charge is 2.31. The van der Waals surface area contributed by atoms with Gasteiger partial charge in [-0.15, -0.1) is 0 Å². The van der Waals surface area contributed by atoms with Crippen molar-refractivity contribution in [2.75, 3.05) is 7.11 Å². The van der Waals surface area contributed by atoms with E-state index in [0.29, 0.717) is 0 Å². The van der Waals surface area contributed by atoms with Crippen molar-refractivity contribution in [1.82, 2.24) is 0 Å². The van der Waals surface area contributed by atoms with Gasteiger partial charge in [0.25, 0.3) is 0 Å². The van der Waals surface area contributed by atoms with Crippen LogP contribution in [0.3, 0.4) is 0 Å². The van der Waals surface area contributed by atoms with Crippen LogP contribution in [-0.4, -0.2) is 18.3 Å². The van der Waals surface area contributed by atoms with E-state index >= 15 is 0 Å². The number of nitriles is 1. The summed E-state index contributed by atoms with van der Waals surface area (Å²) in [4.78, 5) is 0. The van der Waals surface area contributed by atoms with E-state index in [-0.39, 0.29) is 17.9 Å². The summed E-state index contributed by atoms with van der Waals surface area (Å²) in [6, 6.07) is 9.94. The van der Waals surface area contributed by atoms with Crippen LogP contribution in [-0.2, 0) is 0 Å². The molecule has 0 aliphatic heterocycles. The van der Waals surface area contributed by atoms with E-state index in [9.17, 15) is 10.4 Å². The van der Waals surface area contributed by atoms with E-state index in [1.54, 1.807) is 7.11 Å². The monoisotopic (exact) mass is 245 g/mol. The molecule has 2 rings (SSSR count). The average molecular weight is 245 g/mol. The first-order chi connectivity index (χ1) is 8.76. The number of hydrogen-bond donors (Lipinski definition) is 1. The SMILES string of the molecule is COc1ccc(C(C#N)C2CCCCC2O)cc1. The average Bonchev–Trinajstić information content (AvgIpc) is 2.42. The van der Waals surface area contributed by atoms with E-state index in [1.165, 1.54) is 0 Å². The standard InChI is InChI=1S/C15H19NO2/c1-18-12-8-6-11(7-9-12)14(10-16)13-4-2-3-5-15(13)17/h6-9,13-15,17H,2-5H2,1H3. The van der Waals surface area contributed by atoms with Gasteiger partial charge in [-0.3, -0.25) is 0 Å². The summed E-state index contributed by atoms with van der Waals surface area (Å²) in [7, 11) is 1.63. The highest BCUT2D eigenvalue weighted by molar-refractivity contribution is 5.32. The molecule has 1 aliphatic carbocycles. The van der Waals surface area contributed by atoms with Crippen molar-refractivity contribution in [3.05, 3.63) is 29.8 Å². The van der Waals surface area contributed by atoms with Crippen LogP contribution in [0.4, 0.5) is 0 Å². The lowest BCUT2D eigenvalue weighted by Crippen LogP contribution is -2.29. The number of aliphatic hydroxyl groups is 1. The second kappa shape index (κ2) is 5.88. The summed E-state index contributed by atoms with van der Waals surface area (Å²) in [5.41, 5.74) is 0.976. The third-order valence-corrected chi connectivity index (χ3v) is 3.82. The maximum Gasteiger partial charge on any atom is 0.118 e. The Morgan fingerprint density at radius 1 is 1.28 bits per heavy atom. The molecular formula is C15H19NO2. The maximum absolute atomic E-state index is 10.1. The fraction of sp³-hybridized carbons (Fsp3) is 0.533. The van der Waals surface area contributed by atoms with Crippen molar-refractivity contribution in [3.8, 4) is 11.8 Å². The second-order valence-corrected chi connectivity index (χ2v) is 4.90. The van der Waals surface area contributed by atoms with E-state index < -0.39 is 0 Å². The van der Waals surface area contributed by atoms with Crippen molar-refractivity contribution in [1.29, 1.82) is 5.26 Å². The molecule has 0 radical (unpaired) electrons. The van der Waals surface area contributed by atoms with Crippen LogP contribution >= 0.6 is 0 Å². The van der Waals surface area contributed by atoms with E-state index in [4.69, 9.17) is 4.74 Å². The lowest BCUT2D eigenvalue weighted by molar-refractivity contribution is 0.0636. The van der Waals surface area contributed by atoms with E-state index in [0.717, 1.165) is 37.0 Å². The number of aliphatic hydroxyl groups excluding tert-OH is 1. The molecular weight excluding hydrogens is 226 g/mol. The Bertz CT molecular complexity index is 421. The summed E-state index contributed by atoms with van der Waals surface area (Å²) < 4.78 is 5.12. The molecule has 0 aromatic heterocycles. The summed E-state index contributed by atoms with van der Waals surface area (Å²) in [6.45, 7) is 0. The maximum atomic E-state index is 10.1. The molecule has 96 valence electrons. The van der Waals surface area contributed by atoms with Crippen LogP contribution in [0.25, 0.3) is 0 Å². The molecule has 0 amide bonds. The molecule has 3 unspecified atom stereocenters. The van der Waals surface area contributed by atoms with Gasteiger partial charge in [0, 0.05) is 5.92 Å². The van der Waals surface area contributed by atoms with E-state index in [1.807, 2.05) is 24.3 Å². The number of rotatable bonds is 3. The normalized spacial score (nSPS) is 25.2. The van der Waals surface area contributed by atoms with Gasteiger partial charge in [0.2, 0.25) is 0 Å². The first kappa shape index (κ1) is 12.9. The van der Waals surface area contributed by atoms with Crippen LogP contribution in [0.1, 0.15) is 37.2 Å². The molecule has 3 heteroatoms. The van der Waals surface area contributed by atoms with Gasteiger partial charge < -0.3 is 9.84 Å². The summed E-state index contributed by atoms with van der Waals surface area (Å²) in [6.07, 6.45) is 3.59. The van der Waals surface area contributed by atoms with Gasteiger partial charge in [0.05, 0.1) is 25.2 Å². The van der Waals surface area contributed by atoms with Gasteiger partial charge in [-0.2, -0.15) is 5.26 Å². The number of benzene rings is 1. The smallest absolute Gasteiger partial charge is 0.118 e. The molecule has 1 aliphatic rings. The topological polar surface area (TPSA) is 53.2 Å². The quantitative estimate of drug-likeness (QED) is 0.890. The van der Waals surface area contributed by atoms with Crippen molar-refractivity contribution in [2.24, 2.45) is 5.92 Å². The highest BCUT2D eigenvalue weighted by atomic mass is 16.5. The van der Waals surface area contributed by atoms with Crippen molar-refractivity contribution >= 4 is 0 Å². The lowest BCUT2D eigenvalue weighted by atomic mass is 9.76. The number of nitrogens with zero attached hydrogens (tertiary/aromatic N) is 1. The minimum atomic E-state index is -0.342. The van der Waals surface area contributed by atoms with Crippen molar-refractivity contribution in [2.45, 2.75) is 37.7 Å². The minimum absolute atomic E-state index is 0.0668. The summed E-state index contributed by atoms with van der Waals surface area (Å²) >= 11 is 0. The molecule has 3 atom stereocenters. The van der Waals surface area contributed by atoms with Crippen LogP contribution < -0.4 is 4.74 Å². The van der Waals surface area contributed by atoms with Crippen LogP contribution in [0.5, 0.6) is 5.75 Å². The van der Waals surface area contributed by atoms with Crippen molar-refractivity contribution in [3.63, 3.8) is 0 Å². The largest absolute Gasteiger partial charge is 0.497 e. The molecule has 3 nitrogen and oxygen atoms in total. The summed E-state index contributed by atoms with van der Waals surface area (Å²) in [5.74, 6) is 0.642. The predicted octanol–water partition coefficient (Wildman–Crippen LogP) is 2.85. The Morgan fingerprint density at radius 3 is 2.50 bits per heavy atom. The van der Waals surface area contributed by atoms with Gasteiger partial charge in [-0.05, 0) is 30.5 Å². The fourth-order valence-electron chi connectivity index (χ4n) is 2.76. The summed E-state index contributed by atoms with van der Waals surface area (Å²) in [5, 5.41) is 19.4. The van der Waals surface area contributed by atoms with Gasteiger partial charge in [0.15, 0.2) is 0 Å². The molecule has 1 fully saturated rings. The first-order valence-corrected chi connectivity index (χ1v) is 6.48. The zero-order valence-electron chi connectivity index (χ0n) is 10.7. The third-order valence-electron chi connectivity index (χ3n) is 3.82. The Hall–Kier alpha value is -1.53. The second-order valence-electron chi connectivity index (χ2n) is 4.90. The molecule has 1 N–H and O–H groups in total. The predicted molar refractivity (Wildman–Crippen MR) is 69.3 cm³/mol. The van der Waals surface area contributed by atoms with Gasteiger partial charge in [0.1, 0.15) is 5.75 Å². The van der Waals surface area contributed by atoms with Crippen LogP contribution in [0.2, 0.25) is 0 Å². The number of methoxy groups -OCH3 is 1. The minimum Gasteiger partial charge on any atom is -0.497 e. The molecule has 1 aromatic carbocycles. The van der Waals surface area contributed by atoms with Crippen LogP contribution in [0.15, 0.2) is 24.3 Å². The lowest BCUT2D eigenvalue weighted by Gasteiger charge is -2.31. The van der Waals surface area contributed by atoms with E-state index in [2.05, 4.69) is 6.07 Å². The molecule has 0 saturated heterocycles. The molecule has 1 aromatic rings. The zero-order valence-corrected chi connectivity index (χ0v) is 10.7.